The second-order valence-corrected chi connectivity index (χ2v) is 3.42. The van der Waals surface area contributed by atoms with Gasteiger partial charge in [0.15, 0.2) is 0 Å². The van der Waals surface area contributed by atoms with Gasteiger partial charge in [0, 0.05) is 11.0 Å². The molecule has 0 aromatic heterocycles. The lowest BCUT2D eigenvalue weighted by Crippen LogP contribution is -2.21. The SMILES string of the molecule is CCCCN(C)CCI. The number of halogens is 1. The van der Waals surface area contributed by atoms with Gasteiger partial charge in [-0.1, -0.05) is 35.9 Å². The van der Waals surface area contributed by atoms with E-state index in [9.17, 15) is 0 Å². The molecule has 0 aliphatic heterocycles. The summed E-state index contributed by atoms with van der Waals surface area (Å²) in [5.74, 6) is 0. The molecule has 0 atom stereocenters. The molecule has 0 spiro atoms. The highest BCUT2D eigenvalue weighted by molar-refractivity contribution is 14.1. The summed E-state index contributed by atoms with van der Waals surface area (Å²) < 4.78 is 1.25. The molecule has 0 unspecified atom stereocenters. The Labute approximate surface area is 72.0 Å². The molecule has 56 valence electrons. The van der Waals surface area contributed by atoms with Crippen molar-refractivity contribution >= 4 is 22.6 Å². The topological polar surface area (TPSA) is 3.24 Å². The number of rotatable bonds is 5. The molecule has 0 heterocycles. The number of alkyl halides is 1. The van der Waals surface area contributed by atoms with E-state index >= 15 is 0 Å². The fourth-order valence-electron chi connectivity index (χ4n) is 0.684. The zero-order valence-corrected chi connectivity index (χ0v) is 8.52. The van der Waals surface area contributed by atoms with Gasteiger partial charge in [-0.2, -0.15) is 0 Å². The standard InChI is InChI=1S/C7H16IN/c1-3-4-6-9(2)7-5-8/h3-7H2,1-2H3. The molecule has 0 aliphatic rings. The van der Waals surface area contributed by atoms with Crippen molar-refractivity contribution < 1.29 is 0 Å². The molecule has 0 radical (unpaired) electrons. The molecule has 0 aliphatic carbocycles. The summed E-state index contributed by atoms with van der Waals surface area (Å²) in [7, 11) is 2.19. The van der Waals surface area contributed by atoms with Gasteiger partial charge in [-0.15, -0.1) is 0 Å². The Kier molecular flexibility index (Phi) is 7.33. The predicted molar refractivity (Wildman–Crippen MR) is 51.3 cm³/mol. The third-order valence-electron chi connectivity index (χ3n) is 1.36. The van der Waals surface area contributed by atoms with Crippen LogP contribution in [0.2, 0.25) is 0 Å². The minimum absolute atomic E-state index is 1.24. The van der Waals surface area contributed by atoms with Crippen LogP contribution in [0.1, 0.15) is 19.8 Å². The molecule has 9 heavy (non-hydrogen) atoms. The third-order valence-corrected chi connectivity index (χ3v) is 1.84. The van der Waals surface area contributed by atoms with Crippen LogP contribution in [0.4, 0.5) is 0 Å². The largest absolute Gasteiger partial charge is 0.306 e. The maximum absolute atomic E-state index is 2.41. The summed E-state index contributed by atoms with van der Waals surface area (Å²) >= 11 is 2.41. The van der Waals surface area contributed by atoms with E-state index in [2.05, 4.69) is 41.5 Å². The third kappa shape index (κ3) is 6.58. The van der Waals surface area contributed by atoms with E-state index in [1.54, 1.807) is 0 Å². The van der Waals surface area contributed by atoms with Gasteiger partial charge in [0.05, 0.1) is 0 Å². The second-order valence-electron chi connectivity index (χ2n) is 2.35. The average Bonchev–Trinajstić information content (AvgIpc) is 1.85. The lowest BCUT2D eigenvalue weighted by atomic mass is 10.3. The summed E-state index contributed by atoms with van der Waals surface area (Å²) in [4.78, 5) is 2.38. The van der Waals surface area contributed by atoms with Gasteiger partial charge >= 0.3 is 0 Å². The molecule has 0 rings (SSSR count). The Bertz CT molecular complexity index is 56.9. The molecular formula is C7H16IN. The van der Waals surface area contributed by atoms with Crippen molar-refractivity contribution in [2.24, 2.45) is 0 Å². The number of hydrogen-bond donors (Lipinski definition) is 0. The van der Waals surface area contributed by atoms with Crippen molar-refractivity contribution in [3.05, 3.63) is 0 Å². The first kappa shape index (κ1) is 9.69. The summed E-state index contributed by atoms with van der Waals surface area (Å²) in [5.41, 5.74) is 0. The Balaban J connectivity index is 2.95. The number of nitrogens with zero attached hydrogens (tertiary/aromatic N) is 1. The second kappa shape index (κ2) is 6.81. The van der Waals surface area contributed by atoms with Crippen LogP contribution in [-0.4, -0.2) is 29.5 Å². The highest BCUT2D eigenvalue weighted by atomic mass is 127. The molecule has 1 nitrogen and oxygen atoms in total. The van der Waals surface area contributed by atoms with Gasteiger partial charge in [0.2, 0.25) is 0 Å². The first-order valence-electron chi connectivity index (χ1n) is 3.55. The van der Waals surface area contributed by atoms with E-state index < -0.39 is 0 Å². The maximum Gasteiger partial charge on any atom is 0.0123 e. The van der Waals surface area contributed by atoms with Gasteiger partial charge in [-0.3, -0.25) is 0 Å². The fourth-order valence-corrected chi connectivity index (χ4v) is 1.51. The average molecular weight is 241 g/mol. The molecular weight excluding hydrogens is 225 g/mol. The van der Waals surface area contributed by atoms with Crippen molar-refractivity contribution in [2.45, 2.75) is 19.8 Å². The normalized spacial score (nSPS) is 10.7. The zero-order valence-electron chi connectivity index (χ0n) is 6.36. The van der Waals surface area contributed by atoms with E-state index in [0.29, 0.717) is 0 Å². The Morgan fingerprint density at radius 2 is 2.00 bits per heavy atom. The van der Waals surface area contributed by atoms with Crippen LogP contribution < -0.4 is 0 Å². The van der Waals surface area contributed by atoms with E-state index in [4.69, 9.17) is 0 Å². The molecule has 2 heteroatoms. The van der Waals surface area contributed by atoms with E-state index in [1.165, 1.54) is 30.4 Å². The molecule has 0 aromatic rings. The number of hydrogen-bond acceptors (Lipinski definition) is 1. The van der Waals surface area contributed by atoms with Crippen molar-refractivity contribution in [3.63, 3.8) is 0 Å². The monoisotopic (exact) mass is 241 g/mol. The summed E-state index contributed by atoms with van der Waals surface area (Å²) in [6.07, 6.45) is 2.65. The van der Waals surface area contributed by atoms with Crippen molar-refractivity contribution in [3.8, 4) is 0 Å². The predicted octanol–water partition coefficient (Wildman–Crippen LogP) is 2.15. The van der Waals surface area contributed by atoms with E-state index in [1.807, 2.05) is 0 Å². The van der Waals surface area contributed by atoms with E-state index in [-0.39, 0.29) is 0 Å². The smallest absolute Gasteiger partial charge is 0.0123 e. The molecule has 0 N–H and O–H groups in total. The van der Waals surface area contributed by atoms with Crippen LogP contribution in [-0.2, 0) is 0 Å². The quantitative estimate of drug-likeness (QED) is 0.526. The molecule has 0 aromatic carbocycles. The van der Waals surface area contributed by atoms with Gasteiger partial charge in [-0.25, -0.2) is 0 Å². The maximum atomic E-state index is 2.41. The Morgan fingerprint density at radius 3 is 2.44 bits per heavy atom. The van der Waals surface area contributed by atoms with Crippen LogP contribution in [0.25, 0.3) is 0 Å². The van der Waals surface area contributed by atoms with Gasteiger partial charge < -0.3 is 4.90 Å². The van der Waals surface area contributed by atoms with Gasteiger partial charge in [0.25, 0.3) is 0 Å². The number of unbranched alkanes of at least 4 members (excludes halogenated alkanes) is 1. The van der Waals surface area contributed by atoms with Crippen molar-refractivity contribution in [2.75, 3.05) is 24.6 Å². The lowest BCUT2D eigenvalue weighted by Gasteiger charge is -2.13. The summed E-state index contributed by atoms with van der Waals surface area (Å²) in [5, 5.41) is 0. The van der Waals surface area contributed by atoms with Gasteiger partial charge in [0.1, 0.15) is 0 Å². The highest BCUT2D eigenvalue weighted by Gasteiger charge is 1.92. The molecule has 0 fully saturated rings. The fraction of sp³-hybridized carbons (Fsp3) is 1.00. The minimum atomic E-state index is 1.24. The first-order valence-corrected chi connectivity index (χ1v) is 5.08. The van der Waals surface area contributed by atoms with Crippen LogP contribution >= 0.6 is 22.6 Å². The molecule has 0 bridgehead atoms. The molecule has 0 saturated heterocycles. The summed E-state index contributed by atoms with van der Waals surface area (Å²) in [6.45, 7) is 4.73. The first-order chi connectivity index (χ1) is 4.31. The minimum Gasteiger partial charge on any atom is -0.306 e. The van der Waals surface area contributed by atoms with Gasteiger partial charge in [-0.05, 0) is 20.0 Å². The lowest BCUT2D eigenvalue weighted by molar-refractivity contribution is 0.350. The van der Waals surface area contributed by atoms with Crippen LogP contribution in [0.3, 0.4) is 0 Å². The molecule has 0 saturated carbocycles. The van der Waals surface area contributed by atoms with Crippen molar-refractivity contribution in [1.29, 1.82) is 0 Å². The summed E-state index contributed by atoms with van der Waals surface area (Å²) in [6, 6.07) is 0. The van der Waals surface area contributed by atoms with Crippen molar-refractivity contribution in [1.82, 2.24) is 4.90 Å². The Morgan fingerprint density at radius 1 is 1.33 bits per heavy atom. The van der Waals surface area contributed by atoms with E-state index in [0.717, 1.165) is 0 Å². The molecule has 0 amide bonds. The van der Waals surface area contributed by atoms with Crippen LogP contribution in [0, 0.1) is 0 Å². The van der Waals surface area contributed by atoms with Crippen LogP contribution in [0.15, 0.2) is 0 Å². The Hall–Kier alpha value is 0.690. The van der Waals surface area contributed by atoms with Crippen LogP contribution in [0.5, 0.6) is 0 Å². The zero-order chi connectivity index (χ0) is 7.11. The highest BCUT2D eigenvalue weighted by Crippen LogP contribution is 1.92.